The Hall–Kier alpha value is -0.940. The van der Waals surface area contributed by atoms with Crippen LogP contribution in [0.5, 0.6) is 0 Å². The number of rotatable bonds is 7. The average Bonchev–Trinajstić information content (AvgIpc) is 2.27. The normalized spacial score (nSPS) is 10.2. The van der Waals surface area contributed by atoms with Crippen molar-refractivity contribution in [3.05, 3.63) is 29.8 Å². The highest BCUT2D eigenvalue weighted by Gasteiger charge is 2.00. The van der Waals surface area contributed by atoms with Crippen LogP contribution < -0.4 is 0 Å². The summed E-state index contributed by atoms with van der Waals surface area (Å²) in [5.74, 6) is 0.803. The van der Waals surface area contributed by atoms with E-state index in [2.05, 4.69) is 0 Å². The van der Waals surface area contributed by atoms with Gasteiger partial charge in [0, 0.05) is 10.6 Å². The molecule has 1 rings (SSSR count). The highest BCUT2D eigenvalue weighted by molar-refractivity contribution is 8.00. The van der Waals surface area contributed by atoms with E-state index in [0.29, 0.717) is 5.75 Å². The lowest BCUT2D eigenvalue weighted by molar-refractivity contribution is -0.133. The molecule has 0 saturated carbocycles. The fraction of sp³-hybridized carbons (Fsp3) is 0.333. The van der Waals surface area contributed by atoms with Gasteiger partial charge < -0.3 is 5.11 Å². The van der Waals surface area contributed by atoms with Crippen molar-refractivity contribution in [2.45, 2.75) is 17.6 Å². The zero-order valence-electron chi connectivity index (χ0n) is 9.51. The molecule has 0 aliphatic heterocycles. The fourth-order valence-corrected chi connectivity index (χ4v) is 2.58. The number of aliphatic carboxylic acids is 1. The number of carbonyl (C=O) groups excluding carboxylic acids is 1. The summed E-state index contributed by atoms with van der Waals surface area (Å²) in [5.41, 5.74) is 1.15. The van der Waals surface area contributed by atoms with Gasteiger partial charge in [-0.05, 0) is 24.6 Å². The van der Waals surface area contributed by atoms with Crippen LogP contribution in [0.1, 0.15) is 12.5 Å². The number of carboxylic acids is 1. The van der Waals surface area contributed by atoms with Gasteiger partial charge >= 0.3 is 5.97 Å². The molecule has 1 N–H and O–H groups in total. The lowest BCUT2D eigenvalue weighted by Crippen LogP contribution is -1.97. The fourth-order valence-electron chi connectivity index (χ4n) is 1.14. The van der Waals surface area contributed by atoms with E-state index in [1.807, 2.05) is 24.3 Å². The highest BCUT2D eigenvalue weighted by atomic mass is 32.2. The van der Waals surface area contributed by atoms with Crippen molar-refractivity contribution in [3.8, 4) is 0 Å². The van der Waals surface area contributed by atoms with Crippen LogP contribution in [0.15, 0.2) is 29.2 Å². The first-order valence-corrected chi connectivity index (χ1v) is 7.22. The first kappa shape index (κ1) is 14.1. The van der Waals surface area contributed by atoms with Gasteiger partial charge in [0.25, 0.3) is 0 Å². The molecule has 0 bridgehead atoms. The maximum atomic E-state index is 10.8. The molecule has 92 valence electrons. The molecule has 0 aromatic heterocycles. The Bertz CT molecular complexity index is 387. The van der Waals surface area contributed by atoms with Gasteiger partial charge in [-0.2, -0.15) is 0 Å². The first-order chi connectivity index (χ1) is 8.08. The third kappa shape index (κ3) is 6.38. The molecule has 5 heteroatoms. The lowest BCUT2D eigenvalue weighted by Gasteiger charge is -2.02. The summed E-state index contributed by atoms with van der Waals surface area (Å²) in [5, 5.41) is 8.54. The van der Waals surface area contributed by atoms with E-state index in [-0.39, 0.29) is 11.5 Å². The Labute approximate surface area is 109 Å². The summed E-state index contributed by atoms with van der Waals surface area (Å²) in [4.78, 5) is 22.1. The summed E-state index contributed by atoms with van der Waals surface area (Å²) in [6.45, 7) is 1.58. The van der Waals surface area contributed by atoms with Crippen LogP contribution in [0, 0.1) is 0 Å². The molecule has 17 heavy (non-hydrogen) atoms. The monoisotopic (exact) mass is 270 g/mol. The van der Waals surface area contributed by atoms with Crippen molar-refractivity contribution < 1.29 is 14.7 Å². The minimum atomic E-state index is -0.809. The number of ketones is 1. The van der Waals surface area contributed by atoms with Gasteiger partial charge in [-0.25, -0.2) is 0 Å². The van der Waals surface area contributed by atoms with Crippen molar-refractivity contribution in [3.63, 3.8) is 0 Å². The molecule has 3 nitrogen and oxygen atoms in total. The van der Waals surface area contributed by atoms with Crippen molar-refractivity contribution in [1.29, 1.82) is 0 Å². The van der Waals surface area contributed by atoms with Gasteiger partial charge in [0.05, 0.1) is 11.5 Å². The Morgan fingerprint density at radius 1 is 1.18 bits per heavy atom. The molecule has 0 saturated heterocycles. The largest absolute Gasteiger partial charge is 0.481 e. The SMILES string of the molecule is CC(=O)CSCc1ccc(SCC(=O)O)cc1. The van der Waals surface area contributed by atoms with Gasteiger partial charge in [-0.1, -0.05) is 12.1 Å². The predicted octanol–water partition coefficient (Wildman–Crippen LogP) is 2.69. The molecule has 0 fully saturated rings. The Morgan fingerprint density at radius 2 is 1.82 bits per heavy atom. The second kappa shape index (κ2) is 7.40. The lowest BCUT2D eigenvalue weighted by atomic mass is 10.2. The van der Waals surface area contributed by atoms with Crippen LogP contribution in [-0.4, -0.2) is 28.4 Å². The highest BCUT2D eigenvalue weighted by Crippen LogP contribution is 2.20. The summed E-state index contributed by atoms with van der Waals surface area (Å²) >= 11 is 2.89. The van der Waals surface area contributed by atoms with Crippen molar-refractivity contribution in [2.24, 2.45) is 0 Å². The third-order valence-electron chi connectivity index (χ3n) is 1.86. The van der Waals surface area contributed by atoms with Gasteiger partial charge in [0.2, 0.25) is 0 Å². The number of hydrogen-bond acceptors (Lipinski definition) is 4. The molecule has 0 spiro atoms. The van der Waals surface area contributed by atoms with E-state index in [1.54, 1.807) is 18.7 Å². The van der Waals surface area contributed by atoms with Crippen molar-refractivity contribution in [1.82, 2.24) is 0 Å². The van der Waals surface area contributed by atoms with Crippen LogP contribution in [0.3, 0.4) is 0 Å². The molecule has 1 aromatic rings. The van der Waals surface area contributed by atoms with Gasteiger partial charge in [0.15, 0.2) is 0 Å². The van der Waals surface area contributed by atoms with E-state index in [9.17, 15) is 9.59 Å². The maximum absolute atomic E-state index is 10.8. The number of carboxylic acid groups (broad SMARTS) is 1. The summed E-state index contributed by atoms with van der Waals surface area (Å²) in [6.07, 6.45) is 0. The Morgan fingerprint density at radius 3 is 2.35 bits per heavy atom. The molecule has 0 radical (unpaired) electrons. The smallest absolute Gasteiger partial charge is 0.313 e. The zero-order valence-corrected chi connectivity index (χ0v) is 11.1. The van der Waals surface area contributed by atoms with E-state index >= 15 is 0 Å². The topological polar surface area (TPSA) is 54.4 Å². The standard InChI is InChI=1S/C12H14O3S2/c1-9(13)6-16-7-10-2-4-11(5-3-10)17-8-12(14)15/h2-5H,6-8H2,1H3,(H,14,15). The number of carbonyl (C=O) groups is 2. The summed E-state index contributed by atoms with van der Waals surface area (Å²) < 4.78 is 0. The zero-order chi connectivity index (χ0) is 12.7. The molecule has 1 aromatic carbocycles. The predicted molar refractivity (Wildman–Crippen MR) is 71.6 cm³/mol. The third-order valence-corrected chi connectivity index (χ3v) is 4.00. The second-order valence-electron chi connectivity index (χ2n) is 3.52. The molecule has 0 aliphatic rings. The van der Waals surface area contributed by atoms with E-state index in [1.165, 1.54) is 11.8 Å². The van der Waals surface area contributed by atoms with Crippen LogP contribution in [-0.2, 0) is 15.3 Å². The molecule has 0 atom stereocenters. The van der Waals surface area contributed by atoms with Crippen LogP contribution in [0.25, 0.3) is 0 Å². The Kier molecular flexibility index (Phi) is 6.15. The molecular formula is C12H14O3S2. The van der Waals surface area contributed by atoms with Gasteiger partial charge in [-0.3, -0.25) is 9.59 Å². The second-order valence-corrected chi connectivity index (χ2v) is 5.56. The summed E-state index contributed by atoms with van der Waals surface area (Å²) in [6, 6.07) is 7.77. The van der Waals surface area contributed by atoms with E-state index in [4.69, 9.17) is 5.11 Å². The Balaban J connectivity index is 2.39. The number of benzene rings is 1. The van der Waals surface area contributed by atoms with Crippen molar-refractivity contribution >= 4 is 35.3 Å². The van der Waals surface area contributed by atoms with Crippen LogP contribution in [0.2, 0.25) is 0 Å². The summed E-state index contributed by atoms with van der Waals surface area (Å²) in [7, 11) is 0. The van der Waals surface area contributed by atoms with E-state index in [0.717, 1.165) is 16.2 Å². The minimum absolute atomic E-state index is 0.0818. The number of thioether (sulfide) groups is 2. The molecular weight excluding hydrogens is 256 g/mol. The number of hydrogen-bond donors (Lipinski definition) is 1. The average molecular weight is 270 g/mol. The molecule has 0 aliphatic carbocycles. The molecule has 0 unspecified atom stereocenters. The quantitative estimate of drug-likeness (QED) is 0.772. The van der Waals surface area contributed by atoms with Gasteiger partial charge in [0.1, 0.15) is 5.78 Å². The van der Waals surface area contributed by atoms with Gasteiger partial charge in [-0.15, -0.1) is 23.5 Å². The van der Waals surface area contributed by atoms with Crippen LogP contribution >= 0.6 is 23.5 Å². The van der Waals surface area contributed by atoms with Crippen LogP contribution in [0.4, 0.5) is 0 Å². The molecule has 0 heterocycles. The first-order valence-electron chi connectivity index (χ1n) is 5.08. The minimum Gasteiger partial charge on any atom is -0.481 e. The molecule has 0 amide bonds. The maximum Gasteiger partial charge on any atom is 0.313 e. The van der Waals surface area contributed by atoms with Crippen molar-refractivity contribution in [2.75, 3.05) is 11.5 Å². The van der Waals surface area contributed by atoms with E-state index < -0.39 is 5.97 Å². The number of Topliss-reactive ketones (excluding diaryl/α,β-unsaturated/α-hetero) is 1.